The van der Waals surface area contributed by atoms with E-state index >= 15 is 0 Å². The van der Waals surface area contributed by atoms with Crippen LogP contribution in [0.15, 0.2) is 48.5 Å². The number of nitrogens with one attached hydrogen (secondary N) is 1. The molecule has 34 heavy (non-hydrogen) atoms. The number of hydrogen-bond donors (Lipinski definition) is 1. The van der Waals surface area contributed by atoms with Crippen LogP contribution in [0.1, 0.15) is 30.4 Å². The summed E-state index contributed by atoms with van der Waals surface area (Å²) in [7, 11) is 0. The third-order valence-electron chi connectivity index (χ3n) is 6.48. The minimum absolute atomic E-state index is 0.158. The molecule has 9 heteroatoms. The number of piperidine rings is 1. The van der Waals surface area contributed by atoms with E-state index in [1.807, 2.05) is 30.3 Å². The van der Waals surface area contributed by atoms with Gasteiger partial charge in [-0.15, -0.1) is 0 Å². The first kappa shape index (κ1) is 24.0. The zero-order valence-corrected chi connectivity index (χ0v) is 19.0. The standard InChI is InChI=1S/C25H23ClF3N3O2/c26-20-8-4-7-19(25(27,28)29)22(20)30-23(34)32-16-13-24(17-32)11-14-31(15-12-24)21(33)10-9-18-5-2-1-3-6-18/h1-8H,11-17H2,(H,30,34). The largest absolute Gasteiger partial charge is 0.418 e. The van der Waals surface area contributed by atoms with Crippen molar-refractivity contribution >= 4 is 29.2 Å². The number of alkyl halides is 3. The highest BCUT2D eigenvalue weighted by Gasteiger charge is 2.43. The van der Waals surface area contributed by atoms with Crippen molar-refractivity contribution in [1.82, 2.24) is 9.80 Å². The van der Waals surface area contributed by atoms with Crippen LogP contribution in [0.2, 0.25) is 5.02 Å². The Bertz CT molecular complexity index is 1130. The van der Waals surface area contributed by atoms with Crippen LogP contribution in [0, 0.1) is 17.3 Å². The van der Waals surface area contributed by atoms with Crippen LogP contribution in [-0.2, 0) is 11.0 Å². The quantitative estimate of drug-likeness (QED) is 0.556. The van der Waals surface area contributed by atoms with Gasteiger partial charge in [-0.1, -0.05) is 41.8 Å². The molecule has 0 bridgehead atoms. The van der Waals surface area contributed by atoms with Crippen LogP contribution in [0.25, 0.3) is 0 Å². The van der Waals surface area contributed by atoms with E-state index in [0.29, 0.717) is 39.0 Å². The van der Waals surface area contributed by atoms with Crippen LogP contribution in [0.5, 0.6) is 0 Å². The monoisotopic (exact) mass is 489 g/mol. The van der Waals surface area contributed by atoms with Gasteiger partial charge in [-0.2, -0.15) is 13.2 Å². The van der Waals surface area contributed by atoms with Crippen molar-refractivity contribution < 1.29 is 22.8 Å². The van der Waals surface area contributed by atoms with Crippen molar-refractivity contribution in [1.29, 1.82) is 0 Å². The Morgan fingerprint density at radius 2 is 1.59 bits per heavy atom. The highest BCUT2D eigenvalue weighted by molar-refractivity contribution is 6.33. The average Bonchev–Trinajstić information content (AvgIpc) is 3.23. The molecule has 178 valence electrons. The first-order chi connectivity index (χ1) is 16.2. The Kier molecular flexibility index (Phi) is 6.76. The summed E-state index contributed by atoms with van der Waals surface area (Å²) in [5.41, 5.74) is -0.798. The summed E-state index contributed by atoms with van der Waals surface area (Å²) < 4.78 is 40.0. The van der Waals surface area contributed by atoms with Gasteiger partial charge in [0.05, 0.1) is 16.3 Å². The molecule has 0 aliphatic carbocycles. The fourth-order valence-electron chi connectivity index (χ4n) is 4.50. The van der Waals surface area contributed by atoms with Crippen LogP contribution < -0.4 is 5.32 Å². The van der Waals surface area contributed by atoms with Gasteiger partial charge in [0.15, 0.2) is 0 Å². The van der Waals surface area contributed by atoms with E-state index in [-0.39, 0.29) is 16.3 Å². The summed E-state index contributed by atoms with van der Waals surface area (Å²) in [5, 5.41) is 2.19. The number of benzene rings is 2. The second-order valence-electron chi connectivity index (χ2n) is 8.67. The average molecular weight is 490 g/mol. The van der Waals surface area contributed by atoms with Crippen LogP contribution >= 0.6 is 11.6 Å². The van der Waals surface area contributed by atoms with Crippen LogP contribution in [0.4, 0.5) is 23.7 Å². The van der Waals surface area contributed by atoms with E-state index in [2.05, 4.69) is 17.2 Å². The lowest BCUT2D eigenvalue weighted by molar-refractivity contribution is -0.137. The topological polar surface area (TPSA) is 52.7 Å². The Morgan fingerprint density at radius 3 is 2.24 bits per heavy atom. The minimum Gasteiger partial charge on any atom is -0.332 e. The molecule has 2 fully saturated rings. The molecule has 1 N–H and O–H groups in total. The highest BCUT2D eigenvalue weighted by Crippen LogP contribution is 2.42. The maximum Gasteiger partial charge on any atom is 0.418 e. The van der Waals surface area contributed by atoms with E-state index in [4.69, 9.17) is 11.6 Å². The fourth-order valence-corrected chi connectivity index (χ4v) is 4.72. The third kappa shape index (κ3) is 5.31. The van der Waals surface area contributed by atoms with E-state index in [1.54, 1.807) is 4.90 Å². The first-order valence-corrected chi connectivity index (χ1v) is 11.3. The minimum atomic E-state index is -4.64. The normalized spacial score (nSPS) is 17.3. The van der Waals surface area contributed by atoms with Crippen molar-refractivity contribution in [2.24, 2.45) is 5.41 Å². The summed E-state index contributed by atoms with van der Waals surface area (Å²) >= 11 is 5.96. The van der Waals surface area contributed by atoms with Crippen molar-refractivity contribution in [2.45, 2.75) is 25.4 Å². The van der Waals surface area contributed by atoms with Gasteiger partial charge in [0.25, 0.3) is 5.91 Å². The van der Waals surface area contributed by atoms with Crippen molar-refractivity contribution in [3.8, 4) is 11.8 Å². The van der Waals surface area contributed by atoms with Gasteiger partial charge in [0, 0.05) is 37.7 Å². The molecule has 4 rings (SSSR count). The summed E-state index contributed by atoms with van der Waals surface area (Å²) in [5.74, 6) is 5.33. The SMILES string of the molecule is O=C(C#Cc1ccccc1)N1CCC2(CC1)CCN(C(=O)Nc1c(Cl)cccc1C(F)(F)F)C2. The molecule has 2 aliphatic rings. The van der Waals surface area contributed by atoms with Crippen molar-refractivity contribution in [3.05, 3.63) is 64.7 Å². The molecule has 3 amide bonds. The third-order valence-corrected chi connectivity index (χ3v) is 6.79. The number of likely N-dealkylation sites (tertiary alicyclic amines) is 2. The molecular weight excluding hydrogens is 467 g/mol. The predicted octanol–water partition coefficient (Wildman–Crippen LogP) is 5.26. The zero-order chi connectivity index (χ0) is 24.3. The van der Waals surface area contributed by atoms with E-state index < -0.39 is 23.5 Å². The number of amides is 3. The van der Waals surface area contributed by atoms with Gasteiger partial charge in [-0.25, -0.2) is 4.79 Å². The molecule has 2 saturated heterocycles. The number of nitrogens with zero attached hydrogens (tertiary/aromatic N) is 2. The number of para-hydroxylation sites is 1. The van der Waals surface area contributed by atoms with Gasteiger partial charge >= 0.3 is 12.2 Å². The number of carbonyl (C=O) groups excluding carboxylic acids is 2. The second-order valence-corrected chi connectivity index (χ2v) is 9.08. The Labute approximate surface area is 200 Å². The lowest BCUT2D eigenvalue weighted by Gasteiger charge is -2.38. The molecule has 0 saturated carbocycles. The summed E-state index contributed by atoms with van der Waals surface area (Å²) in [6.45, 7) is 1.91. The molecule has 2 aliphatic heterocycles. The predicted molar refractivity (Wildman–Crippen MR) is 123 cm³/mol. The molecule has 0 atom stereocenters. The molecule has 1 spiro atoms. The van der Waals surface area contributed by atoms with E-state index in [0.717, 1.165) is 18.1 Å². The Balaban J connectivity index is 1.35. The number of urea groups is 1. The number of anilines is 1. The fraction of sp³-hybridized carbons (Fsp3) is 0.360. The Morgan fingerprint density at radius 1 is 0.941 bits per heavy atom. The van der Waals surface area contributed by atoms with Gasteiger partial charge in [0.1, 0.15) is 0 Å². The first-order valence-electron chi connectivity index (χ1n) is 10.9. The number of rotatable bonds is 1. The smallest absolute Gasteiger partial charge is 0.332 e. The number of carbonyl (C=O) groups is 2. The lowest BCUT2D eigenvalue weighted by atomic mass is 9.78. The molecule has 0 aromatic heterocycles. The zero-order valence-electron chi connectivity index (χ0n) is 18.3. The van der Waals surface area contributed by atoms with E-state index in [1.165, 1.54) is 17.0 Å². The maximum atomic E-state index is 13.3. The molecule has 2 heterocycles. The van der Waals surface area contributed by atoms with Gasteiger partial charge in [0.2, 0.25) is 0 Å². The molecule has 5 nitrogen and oxygen atoms in total. The molecule has 2 aromatic carbocycles. The van der Waals surface area contributed by atoms with Crippen molar-refractivity contribution in [3.63, 3.8) is 0 Å². The molecule has 0 radical (unpaired) electrons. The van der Waals surface area contributed by atoms with E-state index in [9.17, 15) is 22.8 Å². The Hall–Kier alpha value is -3.18. The second kappa shape index (κ2) is 9.59. The van der Waals surface area contributed by atoms with Gasteiger partial charge in [-0.05, 0) is 48.9 Å². The molecule has 2 aromatic rings. The number of hydrogen-bond acceptors (Lipinski definition) is 2. The van der Waals surface area contributed by atoms with Crippen molar-refractivity contribution in [2.75, 3.05) is 31.5 Å². The summed E-state index contributed by atoms with van der Waals surface area (Å²) in [6, 6.07) is 12.1. The van der Waals surface area contributed by atoms with Gasteiger partial charge < -0.3 is 15.1 Å². The van der Waals surface area contributed by atoms with Crippen LogP contribution in [0.3, 0.4) is 0 Å². The van der Waals surface area contributed by atoms with Crippen LogP contribution in [-0.4, -0.2) is 47.9 Å². The molecule has 0 unspecified atom stereocenters. The lowest BCUT2D eigenvalue weighted by Crippen LogP contribution is -2.44. The molecular formula is C25H23ClF3N3O2. The maximum absolute atomic E-state index is 13.3. The van der Waals surface area contributed by atoms with Gasteiger partial charge in [-0.3, -0.25) is 4.79 Å². The summed E-state index contributed by atoms with van der Waals surface area (Å²) in [6.07, 6.45) is -2.50. The number of halogens is 4. The highest BCUT2D eigenvalue weighted by atomic mass is 35.5. The summed E-state index contributed by atoms with van der Waals surface area (Å²) in [4.78, 5) is 28.5.